The van der Waals surface area contributed by atoms with Gasteiger partial charge in [-0.1, -0.05) is 140 Å². The average Bonchev–Trinajstić information content (AvgIpc) is 3.10. The van der Waals surface area contributed by atoms with E-state index in [1.165, 1.54) is 77.0 Å². The first-order valence-corrected chi connectivity index (χ1v) is 20.9. The molecule has 292 valence electrons. The van der Waals surface area contributed by atoms with Gasteiger partial charge >= 0.3 is 19.8 Å². The van der Waals surface area contributed by atoms with E-state index in [9.17, 15) is 24.2 Å². The molecular weight excluding hydrogens is 659 g/mol. The molecule has 3 atom stereocenters. The molecule has 0 aromatic heterocycles. The number of unbranched alkanes of at least 4 members (excludes halogenated alkanes) is 16. The molecule has 0 aliphatic carbocycles. The number of hydrogen-bond acceptors (Lipinski definition) is 9. The fourth-order valence-corrected chi connectivity index (χ4v) is 5.80. The van der Waals surface area contributed by atoms with Crippen LogP contribution in [0, 0.1) is 0 Å². The second kappa shape index (κ2) is 35.6. The molecule has 0 aromatic carbocycles. The van der Waals surface area contributed by atoms with E-state index in [0.717, 1.165) is 38.5 Å². The van der Waals surface area contributed by atoms with Gasteiger partial charge in [-0.25, -0.2) is 4.57 Å². The highest BCUT2D eigenvalue weighted by molar-refractivity contribution is 7.47. The third kappa shape index (κ3) is 34.6. The van der Waals surface area contributed by atoms with Crippen LogP contribution in [0.1, 0.15) is 162 Å². The van der Waals surface area contributed by atoms with Crippen LogP contribution in [0.4, 0.5) is 0 Å². The van der Waals surface area contributed by atoms with Crippen molar-refractivity contribution in [1.29, 1.82) is 0 Å². The zero-order valence-corrected chi connectivity index (χ0v) is 32.3. The molecule has 0 fully saturated rings. The number of esters is 2. The Morgan fingerprint density at radius 1 is 0.600 bits per heavy atom. The maximum Gasteiger partial charge on any atom is 0.472 e. The van der Waals surface area contributed by atoms with Crippen molar-refractivity contribution in [3.8, 4) is 0 Å². The number of aliphatic hydroxyl groups is 2. The van der Waals surface area contributed by atoms with E-state index in [2.05, 4.69) is 48.8 Å². The second-order valence-corrected chi connectivity index (χ2v) is 14.4. The number of carbonyl (C=O) groups excluding carboxylic acids is 2. The molecule has 0 aromatic rings. The van der Waals surface area contributed by atoms with Gasteiger partial charge in [0.25, 0.3) is 0 Å². The summed E-state index contributed by atoms with van der Waals surface area (Å²) in [5, 5.41) is 18.3. The molecule has 0 aliphatic heterocycles. The Balaban J connectivity index is 4.44. The van der Waals surface area contributed by atoms with E-state index in [0.29, 0.717) is 19.3 Å². The number of phosphoric ester groups is 1. The van der Waals surface area contributed by atoms with Crippen LogP contribution in [0.3, 0.4) is 0 Å². The van der Waals surface area contributed by atoms with Crippen LogP contribution in [-0.2, 0) is 32.7 Å². The Morgan fingerprint density at radius 2 is 1.06 bits per heavy atom. The van der Waals surface area contributed by atoms with Crippen LogP contribution >= 0.6 is 7.82 Å². The summed E-state index contributed by atoms with van der Waals surface area (Å²) in [5.74, 6) is -0.988. The number of allylic oxidation sites excluding steroid dienone is 6. The molecule has 0 radical (unpaired) electrons. The van der Waals surface area contributed by atoms with Crippen LogP contribution in [0.25, 0.3) is 0 Å². The number of hydrogen-bond donors (Lipinski definition) is 3. The molecular formula is C39H71O10P. The highest BCUT2D eigenvalue weighted by atomic mass is 31.2. The lowest BCUT2D eigenvalue weighted by Crippen LogP contribution is -2.29. The fraction of sp³-hybridized carbons (Fsp3) is 0.795. The van der Waals surface area contributed by atoms with Gasteiger partial charge in [0.05, 0.1) is 19.8 Å². The molecule has 0 heterocycles. The average molecular weight is 731 g/mol. The first-order valence-electron chi connectivity index (χ1n) is 19.4. The number of rotatable bonds is 36. The minimum Gasteiger partial charge on any atom is -0.462 e. The molecule has 0 saturated heterocycles. The predicted octanol–water partition coefficient (Wildman–Crippen LogP) is 9.61. The first-order chi connectivity index (χ1) is 24.2. The van der Waals surface area contributed by atoms with Gasteiger partial charge in [0.1, 0.15) is 12.7 Å². The minimum atomic E-state index is -4.62. The largest absolute Gasteiger partial charge is 0.472 e. The third-order valence-electron chi connectivity index (χ3n) is 8.05. The molecule has 0 spiro atoms. The lowest BCUT2D eigenvalue weighted by atomic mass is 10.1. The molecule has 0 amide bonds. The van der Waals surface area contributed by atoms with E-state index in [1.807, 2.05) is 6.08 Å². The van der Waals surface area contributed by atoms with Gasteiger partial charge in [-0.3, -0.25) is 18.6 Å². The Hall–Kier alpha value is -1.81. The molecule has 3 N–H and O–H groups in total. The highest BCUT2D eigenvalue weighted by Crippen LogP contribution is 2.43. The molecule has 50 heavy (non-hydrogen) atoms. The predicted molar refractivity (Wildman–Crippen MR) is 201 cm³/mol. The van der Waals surface area contributed by atoms with Crippen LogP contribution in [-0.4, -0.2) is 65.7 Å². The molecule has 10 nitrogen and oxygen atoms in total. The summed E-state index contributed by atoms with van der Waals surface area (Å²) >= 11 is 0. The number of phosphoric acid groups is 1. The standard InChI is InChI=1S/C39H71O10P/c1-3-5-7-9-11-13-15-16-17-18-19-20-21-23-25-27-29-31-39(43)49-37(35-48-50(44,45)47-33-36(41)32-40)34-46-38(42)30-28-26-24-22-14-12-10-8-6-4-2/h16-17,19-20,23,25,36-37,40-41H,3-15,18,21-22,24,26-35H2,1-2H3,(H,44,45)/b17-16+,20-19+,25-23+/t36-,37+/m0/s1. The van der Waals surface area contributed by atoms with E-state index in [-0.39, 0.29) is 19.4 Å². The summed E-state index contributed by atoms with van der Waals surface area (Å²) in [6.07, 6.45) is 34.1. The van der Waals surface area contributed by atoms with E-state index < -0.39 is 51.8 Å². The smallest absolute Gasteiger partial charge is 0.462 e. The van der Waals surface area contributed by atoms with Gasteiger partial charge in [-0.2, -0.15) is 0 Å². The highest BCUT2D eigenvalue weighted by Gasteiger charge is 2.27. The van der Waals surface area contributed by atoms with Gasteiger partial charge in [-0.05, 0) is 44.9 Å². The maximum absolute atomic E-state index is 12.5. The molecule has 1 unspecified atom stereocenters. The Bertz CT molecular complexity index is 936. The number of carbonyl (C=O) groups is 2. The van der Waals surface area contributed by atoms with Crippen molar-refractivity contribution in [1.82, 2.24) is 0 Å². The van der Waals surface area contributed by atoms with Crippen LogP contribution < -0.4 is 0 Å². The lowest BCUT2D eigenvalue weighted by Gasteiger charge is -2.20. The van der Waals surface area contributed by atoms with Crippen molar-refractivity contribution in [3.63, 3.8) is 0 Å². The van der Waals surface area contributed by atoms with Crippen LogP contribution in [0.5, 0.6) is 0 Å². The lowest BCUT2D eigenvalue weighted by molar-refractivity contribution is -0.161. The molecule has 0 rings (SSSR count). The third-order valence-corrected chi connectivity index (χ3v) is 9.00. The SMILES string of the molecule is CCCCCCCC/C=C/C/C=C/C/C=C/CCCC(=O)O[C@H](COC(=O)CCCCCCCCCCCC)COP(=O)(O)OC[C@@H](O)CO. The summed E-state index contributed by atoms with van der Waals surface area (Å²) in [5.41, 5.74) is 0. The zero-order chi connectivity index (χ0) is 37.0. The molecule has 0 saturated carbocycles. The summed E-state index contributed by atoms with van der Waals surface area (Å²) in [7, 11) is -4.62. The monoisotopic (exact) mass is 730 g/mol. The molecule has 0 bridgehead atoms. The summed E-state index contributed by atoms with van der Waals surface area (Å²) in [6, 6.07) is 0. The second-order valence-electron chi connectivity index (χ2n) is 13.0. The number of aliphatic hydroxyl groups excluding tert-OH is 2. The van der Waals surface area contributed by atoms with Crippen molar-refractivity contribution >= 4 is 19.8 Å². The normalized spacial score (nSPS) is 14.4. The van der Waals surface area contributed by atoms with Crippen molar-refractivity contribution in [3.05, 3.63) is 36.5 Å². The van der Waals surface area contributed by atoms with E-state index >= 15 is 0 Å². The number of ether oxygens (including phenoxy) is 2. The van der Waals surface area contributed by atoms with Gasteiger partial charge in [-0.15, -0.1) is 0 Å². The summed E-state index contributed by atoms with van der Waals surface area (Å²) < 4.78 is 32.5. The summed E-state index contributed by atoms with van der Waals surface area (Å²) in [4.78, 5) is 34.7. The van der Waals surface area contributed by atoms with E-state index in [1.54, 1.807) is 0 Å². The van der Waals surface area contributed by atoms with Crippen LogP contribution in [0.2, 0.25) is 0 Å². The van der Waals surface area contributed by atoms with Crippen molar-refractivity contribution in [2.75, 3.05) is 26.4 Å². The van der Waals surface area contributed by atoms with Crippen molar-refractivity contribution < 1.29 is 47.8 Å². The van der Waals surface area contributed by atoms with Gasteiger partial charge < -0.3 is 24.6 Å². The molecule has 0 aliphatic rings. The Morgan fingerprint density at radius 3 is 1.62 bits per heavy atom. The van der Waals surface area contributed by atoms with Crippen molar-refractivity contribution in [2.45, 2.75) is 174 Å². The minimum absolute atomic E-state index is 0.114. The van der Waals surface area contributed by atoms with Gasteiger partial charge in [0.2, 0.25) is 0 Å². The van der Waals surface area contributed by atoms with Gasteiger partial charge in [0.15, 0.2) is 6.10 Å². The van der Waals surface area contributed by atoms with Crippen LogP contribution in [0.15, 0.2) is 36.5 Å². The quantitative estimate of drug-likeness (QED) is 0.0246. The zero-order valence-electron chi connectivity index (χ0n) is 31.4. The molecule has 11 heteroatoms. The Labute approximate surface area is 303 Å². The summed E-state index contributed by atoms with van der Waals surface area (Å²) in [6.45, 7) is 2.28. The van der Waals surface area contributed by atoms with E-state index in [4.69, 9.17) is 19.1 Å². The first kappa shape index (κ1) is 48.2. The maximum atomic E-state index is 12.5. The topological polar surface area (TPSA) is 149 Å². The van der Waals surface area contributed by atoms with Gasteiger partial charge in [0, 0.05) is 12.8 Å². The Kier molecular flexibility index (Phi) is 34.3. The van der Waals surface area contributed by atoms with Crippen molar-refractivity contribution in [2.24, 2.45) is 0 Å². The fourth-order valence-electron chi connectivity index (χ4n) is 5.01.